The molecular weight excluding hydrogens is 220 g/mol. The van der Waals surface area contributed by atoms with Crippen LogP contribution < -0.4 is 0 Å². The Bertz CT molecular complexity index is 362. The van der Waals surface area contributed by atoms with Crippen LogP contribution in [0.4, 0.5) is 0 Å². The Morgan fingerprint density at radius 2 is 1.89 bits per heavy atom. The van der Waals surface area contributed by atoms with Crippen molar-refractivity contribution in [3.63, 3.8) is 0 Å². The number of benzene rings is 1. The fourth-order valence-corrected chi connectivity index (χ4v) is 1.99. The van der Waals surface area contributed by atoms with Gasteiger partial charge in [0.05, 0.1) is 0 Å². The van der Waals surface area contributed by atoms with E-state index in [0.717, 1.165) is 18.4 Å². The van der Waals surface area contributed by atoms with Gasteiger partial charge < -0.3 is 0 Å². The van der Waals surface area contributed by atoms with Gasteiger partial charge in [0.15, 0.2) is 5.78 Å². The van der Waals surface area contributed by atoms with Crippen LogP contribution in [0, 0.1) is 0 Å². The summed E-state index contributed by atoms with van der Waals surface area (Å²) in [6.07, 6.45) is 9.39. The maximum Gasteiger partial charge on any atom is 0.163 e. The molecular formula is C17H24O. The summed E-state index contributed by atoms with van der Waals surface area (Å²) in [5, 5.41) is 0. The number of carbonyl (C=O) groups is 1. The van der Waals surface area contributed by atoms with E-state index < -0.39 is 0 Å². The number of ketones is 1. The van der Waals surface area contributed by atoms with Gasteiger partial charge in [-0.2, -0.15) is 0 Å². The van der Waals surface area contributed by atoms with Gasteiger partial charge in [-0.3, -0.25) is 4.79 Å². The van der Waals surface area contributed by atoms with Gasteiger partial charge >= 0.3 is 0 Å². The lowest BCUT2D eigenvalue weighted by Crippen LogP contribution is -1.98. The van der Waals surface area contributed by atoms with Gasteiger partial charge in [0.1, 0.15) is 0 Å². The zero-order chi connectivity index (χ0) is 13.2. The van der Waals surface area contributed by atoms with E-state index in [4.69, 9.17) is 0 Å². The third-order valence-corrected chi connectivity index (χ3v) is 3.17. The molecule has 1 aromatic rings. The van der Waals surface area contributed by atoms with Crippen LogP contribution in [0.15, 0.2) is 36.9 Å². The lowest BCUT2D eigenvalue weighted by Gasteiger charge is -2.03. The van der Waals surface area contributed by atoms with Gasteiger partial charge in [0.25, 0.3) is 0 Å². The molecule has 0 fully saturated rings. The second-order valence-electron chi connectivity index (χ2n) is 4.76. The van der Waals surface area contributed by atoms with E-state index in [1.54, 1.807) is 6.08 Å². The summed E-state index contributed by atoms with van der Waals surface area (Å²) in [5.74, 6) is 0.215. The Morgan fingerprint density at radius 1 is 1.17 bits per heavy atom. The van der Waals surface area contributed by atoms with Crippen LogP contribution in [0.5, 0.6) is 0 Å². The predicted octanol–water partition coefficient (Wildman–Crippen LogP) is 4.96. The van der Waals surface area contributed by atoms with Crippen molar-refractivity contribution in [3.05, 3.63) is 48.0 Å². The zero-order valence-corrected chi connectivity index (χ0v) is 11.5. The van der Waals surface area contributed by atoms with Crippen molar-refractivity contribution in [2.75, 3.05) is 0 Å². The first-order valence-corrected chi connectivity index (χ1v) is 7.01. The third-order valence-electron chi connectivity index (χ3n) is 3.17. The van der Waals surface area contributed by atoms with E-state index in [2.05, 4.69) is 25.6 Å². The highest BCUT2D eigenvalue weighted by Crippen LogP contribution is 2.11. The Kier molecular flexibility index (Phi) is 7.09. The highest BCUT2D eigenvalue weighted by molar-refractivity contribution is 5.96. The minimum atomic E-state index is 0.215. The second-order valence-corrected chi connectivity index (χ2v) is 4.76. The van der Waals surface area contributed by atoms with Crippen molar-refractivity contribution in [1.29, 1.82) is 0 Å². The molecule has 0 saturated heterocycles. The summed E-state index contributed by atoms with van der Waals surface area (Å²) in [6.45, 7) is 5.86. The van der Waals surface area contributed by atoms with Gasteiger partial charge in [-0.25, -0.2) is 0 Å². The van der Waals surface area contributed by atoms with Crippen LogP contribution in [0.2, 0.25) is 0 Å². The number of allylic oxidation sites excluding steroid dienone is 1. The molecule has 0 aliphatic rings. The molecule has 0 aliphatic heterocycles. The fraction of sp³-hybridized carbons (Fsp3) is 0.471. The molecule has 98 valence electrons. The molecule has 0 bridgehead atoms. The number of carbonyl (C=O) groups excluding carboxylic acids is 1. The number of Topliss-reactive ketones (excluding diaryl/α,β-unsaturated/α-hetero) is 1. The molecule has 0 atom stereocenters. The number of rotatable bonds is 9. The van der Waals surface area contributed by atoms with Crippen LogP contribution >= 0.6 is 0 Å². The smallest absolute Gasteiger partial charge is 0.163 e. The SMILES string of the molecule is C=CCCC(=O)c1ccc(CCCCCC)cc1. The van der Waals surface area contributed by atoms with E-state index >= 15 is 0 Å². The van der Waals surface area contributed by atoms with Gasteiger partial charge in [-0.1, -0.05) is 56.5 Å². The first kappa shape index (κ1) is 14.7. The van der Waals surface area contributed by atoms with Gasteiger partial charge in [-0.15, -0.1) is 6.58 Å². The van der Waals surface area contributed by atoms with Crippen LogP contribution in [0.25, 0.3) is 0 Å². The molecule has 1 heteroatoms. The molecule has 1 rings (SSSR count). The van der Waals surface area contributed by atoms with Crippen molar-refractivity contribution >= 4 is 5.78 Å². The molecule has 0 aliphatic carbocycles. The average molecular weight is 244 g/mol. The largest absolute Gasteiger partial charge is 0.294 e. The van der Waals surface area contributed by atoms with Crippen molar-refractivity contribution in [3.8, 4) is 0 Å². The lowest BCUT2D eigenvalue weighted by molar-refractivity contribution is 0.0983. The topological polar surface area (TPSA) is 17.1 Å². The maximum absolute atomic E-state index is 11.8. The average Bonchev–Trinajstić information content (AvgIpc) is 2.41. The number of hydrogen-bond acceptors (Lipinski definition) is 1. The normalized spacial score (nSPS) is 10.3. The predicted molar refractivity (Wildman–Crippen MR) is 78.0 cm³/mol. The minimum absolute atomic E-state index is 0.215. The third kappa shape index (κ3) is 5.31. The summed E-state index contributed by atoms with van der Waals surface area (Å²) in [7, 11) is 0. The number of hydrogen-bond donors (Lipinski definition) is 0. The molecule has 0 heterocycles. The van der Waals surface area contributed by atoms with E-state index in [1.165, 1.54) is 31.2 Å². The quantitative estimate of drug-likeness (QED) is 0.341. The van der Waals surface area contributed by atoms with Crippen molar-refractivity contribution in [2.24, 2.45) is 0 Å². The molecule has 18 heavy (non-hydrogen) atoms. The highest BCUT2D eigenvalue weighted by atomic mass is 16.1. The molecule has 0 spiro atoms. The molecule has 0 saturated carbocycles. The van der Waals surface area contributed by atoms with E-state index in [-0.39, 0.29) is 5.78 Å². The van der Waals surface area contributed by atoms with E-state index in [1.807, 2.05) is 12.1 Å². The van der Waals surface area contributed by atoms with Gasteiger partial charge in [0, 0.05) is 12.0 Å². The maximum atomic E-state index is 11.8. The van der Waals surface area contributed by atoms with Crippen LogP contribution in [0.1, 0.15) is 61.4 Å². The highest BCUT2D eigenvalue weighted by Gasteiger charge is 2.04. The van der Waals surface area contributed by atoms with Crippen molar-refractivity contribution in [2.45, 2.75) is 51.9 Å². The summed E-state index contributed by atoms with van der Waals surface area (Å²) in [5.41, 5.74) is 2.17. The Morgan fingerprint density at radius 3 is 2.50 bits per heavy atom. The van der Waals surface area contributed by atoms with Crippen LogP contribution in [-0.4, -0.2) is 5.78 Å². The molecule has 0 unspecified atom stereocenters. The van der Waals surface area contributed by atoms with Gasteiger partial charge in [-0.05, 0) is 24.8 Å². The minimum Gasteiger partial charge on any atom is -0.294 e. The summed E-state index contributed by atoms with van der Waals surface area (Å²) in [6, 6.07) is 8.10. The number of aryl methyl sites for hydroxylation is 1. The summed E-state index contributed by atoms with van der Waals surface area (Å²) < 4.78 is 0. The first-order chi connectivity index (χ1) is 8.77. The van der Waals surface area contributed by atoms with Crippen molar-refractivity contribution < 1.29 is 4.79 Å². The second kappa shape index (κ2) is 8.68. The Balaban J connectivity index is 2.41. The fourth-order valence-electron chi connectivity index (χ4n) is 1.99. The molecule has 1 aromatic carbocycles. The van der Waals surface area contributed by atoms with Crippen LogP contribution in [0.3, 0.4) is 0 Å². The van der Waals surface area contributed by atoms with Crippen LogP contribution in [-0.2, 0) is 6.42 Å². The molecule has 0 aromatic heterocycles. The van der Waals surface area contributed by atoms with Crippen molar-refractivity contribution in [1.82, 2.24) is 0 Å². The zero-order valence-electron chi connectivity index (χ0n) is 11.5. The lowest BCUT2D eigenvalue weighted by atomic mass is 10.0. The monoisotopic (exact) mass is 244 g/mol. The molecule has 0 amide bonds. The van der Waals surface area contributed by atoms with E-state index in [9.17, 15) is 4.79 Å². The standard InChI is InChI=1S/C17H24O/c1-3-5-7-8-9-15-11-13-16(14-12-15)17(18)10-6-4-2/h4,11-14H,2-3,5-10H2,1H3. The number of unbranched alkanes of at least 4 members (excludes halogenated alkanes) is 3. The Labute approximate surface area is 111 Å². The molecule has 1 nitrogen and oxygen atoms in total. The summed E-state index contributed by atoms with van der Waals surface area (Å²) in [4.78, 5) is 11.8. The van der Waals surface area contributed by atoms with E-state index in [0.29, 0.717) is 6.42 Å². The molecule has 0 radical (unpaired) electrons. The summed E-state index contributed by atoms with van der Waals surface area (Å²) >= 11 is 0. The van der Waals surface area contributed by atoms with Gasteiger partial charge in [0.2, 0.25) is 0 Å². The molecule has 0 N–H and O–H groups in total. The first-order valence-electron chi connectivity index (χ1n) is 7.01. The Hall–Kier alpha value is -1.37.